The highest BCUT2D eigenvalue weighted by Gasteiger charge is 2.59. The zero-order valence-corrected chi connectivity index (χ0v) is 11.4. The highest BCUT2D eigenvalue weighted by Crippen LogP contribution is 2.52. The summed E-state index contributed by atoms with van der Waals surface area (Å²) >= 11 is 0. The van der Waals surface area contributed by atoms with E-state index in [1.807, 2.05) is 36.1 Å². The van der Waals surface area contributed by atoms with Gasteiger partial charge < -0.3 is 0 Å². The van der Waals surface area contributed by atoms with Gasteiger partial charge in [-0.1, -0.05) is 12.2 Å². The van der Waals surface area contributed by atoms with Gasteiger partial charge in [0.25, 0.3) is 0 Å². The summed E-state index contributed by atoms with van der Waals surface area (Å²) in [5, 5.41) is 0. The number of likely N-dealkylation sites (tertiary alicyclic amines) is 1. The number of hydrogen-bond acceptors (Lipinski definition) is 2. The van der Waals surface area contributed by atoms with E-state index in [1.54, 1.807) is 0 Å². The van der Waals surface area contributed by atoms with Gasteiger partial charge in [0.05, 0.1) is 18.4 Å². The molecule has 0 N–H and O–H groups in total. The zero-order valence-electron chi connectivity index (χ0n) is 11.4. The number of fused-ring (bicyclic) bond motifs is 5. The van der Waals surface area contributed by atoms with Crippen LogP contribution in [0.25, 0.3) is 0 Å². The van der Waals surface area contributed by atoms with Crippen LogP contribution >= 0.6 is 0 Å². The van der Waals surface area contributed by atoms with E-state index >= 15 is 0 Å². The van der Waals surface area contributed by atoms with Crippen molar-refractivity contribution in [2.75, 3.05) is 0 Å². The second-order valence-corrected chi connectivity index (χ2v) is 6.14. The Morgan fingerprint density at radius 3 is 2.45 bits per heavy atom. The molecule has 1 aromatic rings. The molecule has 2 aliphatic carbocycles. The monoisotopic (exact) mass is 269 g/mol. The first-order chi connectivity index (χ1) is 9.65. The Bertz CT molecular complexity index is 607. The van der Waals surface area contributed by atoms with Crippen LogP contribution in [0.3, 0.4) is 0 Å². The highest BCUT2D eigenvalue weighted by molar-refractivity contribution is 6.06. The fourth-order valence-corrected chi connectivity index (χ4v) is 4.05. The maximum Gasteiger partial charge on any atom is 0.234 e. The van der Waals surface area contributed by atoms with E-state index in [4.69, 9.17) is 0 Å². The summed E-state index contributed by atoms with van der Waals surface area (Å²) in [6.45, 7) is 0.402. The maximum atomic E-state index is 12.5. The summed E-state index contributed by atoms with van der Waals surface area (Å²) in [7, 11) is 1.94. The zero-order chi connectivity index (χ0) is 13.9. The van der Waals surface area contributed by atoms with Gasteiger partial charge in [0, 0.05) is 11.6 Å². The van der Waals surface area contributed by atoms with Crippen LogP contribution in [0, 0.1) is 23.7 Å². The molecule has 1 aromatic heterocycles. The van der Waals surface area contributed by atoms with Crippen molar-refractivity contribution in [3.05, 3.63) is 42.2 Å². The number of allylic oxidation sites excluding steroid dienone is 2. The van der Waals surface area contributed by atoms with E-state index in [2.05, 4.69) is 12.2 Å². The number of imide groups is 1. The summed E-state index contributed by atoms with van der Waals surface area (Å²) in [6, 6.07) is 3.90. The quantitative estimate of drug-likeness (QED) is 0.453. The Hall–Kier alpha value is -1.97. The van der Waals surface area contributed by atoms with Crippen LogP contribution in [-0.2, 0) is 23.2 Å². The lowest BCUT2D eigenvalue weighted by Gasteiger charge is -2.16. The third-order valence-electron chi connectivity index (χ3n) is 4.90. The standard InChI is InChI=1S/C16H17N2O2/c1-17-6-2-3-10(8-17)9-18-15(19)13-11-4-5-12(7-11)14(13)16(18)20/h2-6,8,11-14H,7,9H2,1H3/q+1/t11-,12-,13-,14+/m0/s1. The number of pyridine rings is 1. The number of hydrogen-bond donors (Lipinski definition) is 0. The third kappa shape index (κ3) is 1.51. The number of carbonyl (C=O) groups excluding carboxylic acids is 2. The molecule has 20 heavy (non-hydrogen) atoms. The summed E-state index contributed by atoms with van der Waals surface area (Å²) in [5.41, 5.74) is 0.997. The number of aryl methyl sites for hydroxylation is 1. The van der Waals surface area contributed by atoms with E-state index in [0.29, 0.717) is 18.4 Å². The van der Waals surface area contributed by atoms with Crippen LogP contribution in [0.4, 0.5) is 0 Å². The van der Waals surface area contributed by atoms with E-state index in [1.165, 1.54) is 4.90 Å². The topological polar surface area (TPSA) is 41.3 Å². The second kappa shape index (κ2) is 4.01. The number of nitrogens with zero attached hydrogens (tertiary/aromatic N) is 2. The highest BCUT2D eigenvalue weighted by atomic mass is 16.2. The Kier molecular flexibility index (Phi) is 2.37. The molecule has 4 nitrogen and oxygen atoms in total. The smallest absolute Gasteiger partial charge is 0.234 e. The van der Waals surface area contributed by atoms with Gasteiger partial charge in [-0.05, 0) is 24.3 Å². The molecule has 2 amide bonds. The molecular weight excluding hydrogens is 252 g/mol. The van der Waals surface area contributed by atoms with Crippen LogP contribution in [0.2, 0.25) is 0 Å². The molecule has 4 rings (SSSR count). The van der Waals surface area contributed by atoms with Crippen molar-refractivity contribution in [2.45, 2.75) is 13.0 Å². The van der Waals surface area contributed by atoms with Crippen LogP contribution < -0.4 is 4.57 Å². The molecule has 4 atom stereocenters. The minimum atomic E-state index is -0.0880. The lowest BCUT2D eigenvalue weighted by molar-refractivity contribution is -0.672. The van der Waals surface area contributed by atoms with Gasteiger partial charge in [0.15, 0.2) is 12.4 Å². The molecule has 0 aromatic carbocycles. The van der Waals surface area contributed by atoms with Crippen LogP contribution in [0.5, 0.6) is 0 Å². The van der Waals surface area contributed by atoms with E-state index in [-0.39, 0.29) is 23.7 Å². The van der Waals surface area contributed by atoms with Crippen molar-refractivity contribution in [1.29, 1.82) is 0 Å². The molecule has 2 heterocycles. The number of aromatic nitrogens is 1. The number of carbonyl (C=O) groups is 2. The average Bonchev–Trinajstić information content (AvgIpc) is 3.09. The van der Waals surface area contributed by atoms with Gasteiger partial charge in [0.2, 0.25) is 11.8 Å². The molecule has 2 bridgehead atoms. The molecule has 1 saturated carbocycles. The van der Waals surface area contributed by atoms with Gasteiger partial charge in [0.1, 0.15) is 7.05 Å². The lowest BCUT2D eigenvalue weighted by Crippen LogP contribution is -2.34. The maximum absolute atomic E-state index is 12.5. The first-order valence-electron chi connectivity index (χ1n) is 7.13. The molecule has 3 aliphatic rings. The van der Waals surface area contributed by atoms with Gasteiger partial charge in [-0.2, -0.15) is 0 Å². The SMILES string of the molecule is C[n+]1cccc(CN2C(=O)[C@@H]3[C@H](C2=O)[C@H]2C=C[C@H]3C2)c1. The second-order valence-electron chi connectivity index (χ2n) is 6.14. The fraction of sp³-hybridized carbons (Fsp3) is 0.438. The van der Waals surface area contributed by atoms with Crippen molar-refractivity contribution in [3.8, 4) is 0 Å². The van der Waals surface area contributed by atoms with Gasteiger partial charge in [-0.3, -0.25) is 14.5 Å². The Balaban J connectivity index is 1.62. The molecular formula is C16H17N2O2+. The molecule has 4 heteroatoms. The average molecular weight is 269 g/mol. The van der Waals surface area contributed by atoms with Crippen molar-refractivity contribution >= 4 is 11.8 Å². The van der Waals surface area contributed by atoms with Gasteiger partial charge in [-0.15, -0.1) is 0 Å². The Labute approximate surface area is 117 Å². The first-order valence-corrected chi connectivity index (χ1v) is 7.13. The first kappa shape index (κ1) is 11.8. The van der Waals surface area contributed by atoms with Crippen LogP contribution in [0.15, 0.2) is 36.7 Å². The Morgan fingerprint density at radius 1 is 1.20 bits per heavy atom. The van der Waals surface area contributed by atoms with Gasteiger partial charge >= 0.3 is 0 Å². The summed E-state index contributed by atoms with van der Waals surface area (Å²) in [4.78, 5) is 26.6. The predicted octanol–water partition coefficient (Wildman–Crippen LogP) is 0.818. The number of amides is 2. The van der Waals surface area contributed by atoms with E-state index in [0.717, 1.165) is 12.0 Å². The van der Waals surface area contributed by atoms with Crippen molar-refractivity contribution in [1.82, 2.24) is 4.90 Å². The normalized spacial score (nSPS) is 34.1. The van der Waals surface area contributed by atoms with Crippen molar-refractivity contribution < 1.29 is 14.2 Å². The van der Waals surface area contributed by atoms with E-state index < -0.39 is 0 Å². The van der Waals surface area contributed by atoms with Crippen molar-refractivity contribution in [3.63, 3.8) is 0 Å². The van der Waals surface area contributed by atoms with Crippen LogP contribution in [0.1, 0.15) is 12.0 Å². The third-order valence-corrected chi connectivity index (χ3v) is 4.90. The minimum absolute atomic E-state index is 0.0309. The van der Waals surface area contributed by atoms with Crippen LogP contribution in [-0.4, -0.2) is 16.7 Å². The lowest BCUT2D eigenvalue weighted by atomic mass is 9.85. The molecule has 1 aliphatic heterocycles. The summed E-state index contributed by atoms with van der Waals surface area (Å²) in [5.74, 6) is 0.466. The molecule has 0 unspecified atom stereocenters. The van der Waals surface area contributed by atoms with Gasteiger partial charge in [-0.25, -0.2) is 4.57 Å². The fourth-order valence-electron chi connectivity index (χ4n) is 4.05. The molecule has 102 valence electrons. The minimum Gasteiger partial charge on any atom is -0.277 e. The predicted molar refractivity (Wildman–Crippen MR) is 70.9 cm³/mol. The summed E-state index contributed by atoms with van der Waals surface area (Å²) < 4.78 is 1.94. The molecule has 1 saturated heterocycles. The summed E-state index contributed by atoms with van der Waals surface area (Å²) in [6.07, 6.45) is 9.14. The van der Waals surface area contributed by atoms with Crippen molar-refractivity contribution in [2.24, 2.45) is 30.7 Å². The van der Waals surface area contributed by atoms with E-state index in [9.17, 15) is 9.59 Å². The number of rotatable bonds is 2. The largest absolute Gasteiger partial charge is 0.277 e. The molecule has 0 spiro atoms. The Morgan fingerprint density at radius 2 is 1.85 bits per heavy atom. The molecule has 0 radical (unpaired) electrons. The molecule has 2 fully saturated rings.